The first-order chi connectivity index (χ1) is 17.4. The van der Waals surface area contributed by atoms with Gasteiger partial charge in [0.15, 0.2) is 10.8 Å². The molecule has 6 rings (SSSR count). The minimum Gasteiger partial charge on any atom is -0.492 e. The lowest BCUT2D eigenvalue weighted by molar-refractivity contribution is 0.0577. The van der Waals surface area contributed by atoms with Crippen LogP contribution in [0.3, 0.4) is 0 Å². The van der Waals surface area contributed by atoms with Gasteiger partial charge >= 0.3 is 0 Å². The molecule has 10 heteroatoms. The summed E-state index contributed by atoms with van der Waals surface area (Å²) >= 11 is 1.64. The molecule has 0 fully saturated rings. The lowest BCUT2D eigenvalue weighted by Gasteiger charge is -2.16. The maximum Gasteiger partial charge on any atom is 0.187 e. The van der Waals surface area contributed by atoms with Crippen molar-refractivity contribution < 1.29 is 9.84 Å². The van der Waals surface area contributed by atoms with Gasteiger partial charge in [0.05, 0.1) is 37.2 Å². The predicted octanol–water partition coefficient (Wildman–Crippen LogP) is 4.08. The minimum absolute atomic E-state index is 0.422. The summed E-state index contributed by atoms with van der Waals surface area (Å²) in [5, 5.41) is 19.8. The number of aromatic nitrogens is 7. The highest BCUT2D eigenvalue weighted by molar-refractivity contribution is 7.15. The number of hydrogen-bond donors (Lipinski definition) is 1. The van der Waals surface area contributed by atoms with Gasteiger partial charge in [-0.3, -0.25) is 9.67 Å². The Morgan fingerprint density at radius 1 is 1.11 bits per heavy atom. The van der Waals surface area contributed by atoms with E-state index in [4.69, 9.17) is 9.72 Å². The number of fused-ring (bicyclic) bond motifs is 3. The molecule has 0 aliphatic carbocycles. The summed E-state index contributed by atoms with van der Waals surface area (Å²) in [7, 11) is 0. The maximum atomic E-state index is 10.1. The van der Waals surface area contributed by atoms with Gasteiger partial charge < -0.3 is 9.84 Å². The van der Waals surface area contributed by atoms with E-state index in [1.54, 1.807) is 48.6 Å². The number of hydrogen-bond acceptors (Lipinski definition) is 8. The van der Waals surface area contributed by atoms with Crippen LogP contribution < -0.4 is 4.74 Å². The molecule has 1 aliphatic heterocycles. The Balaban J connectivity index is 1.31. The van der Waals surface area contributed by atoms with E-state index in [-0.39, 0.29) is 0 Å². The van der Waals surface area contributed by atoms with Crippen LogP contribution in [0.4, 0.5) is 0 Å². The van der Waals surface area contributed by atoms with Crippen LogP contribution in [-0.2, 0) is 19.5 Å². The Kier molecular flexibility index (Phi) is 5.62. The van der Waals surface area contributed by atoms with Gasteiger partial charge in [-0.1, -0.05) is 6.07 Å². The topological polar surface area (TPSA) is 104 Å². The number of rotatable bonds is 6. The Bertz CT molecular complexity index is 1510. The summed E-state index contributed by atoms with van der Waals surface area (Å²) in [5.74, 6) is 1.56. The zero-order valence-corrected chi connectivity index (χ0v) is 20.8. The normalized spacial score (nSPS) is 13.1. The van der Waals surface area contributed by atoms with Crippen LogP contribution in [0, 0.1) is 0 Å². The van der Waals surface area contributed by atoms with Crippen molar-refractivity contribution in [3.8, 4) is 39.0 Å². The van der Waals surface area contributed by atoms with Crippen LogP contribution in [0.2, 0.25) is 0 Å². The number of aliphatic hydroxyl groups is 1. The molecule has 4 aromatic heterocycles. The standard InChI is InChI=1S/C26H25N7O2S/c1-26(2,34)15-32-14-19(12-29-32)18-3-4-20-21(11-18)35-10-7-22-23(20)31-25(36-22)24-28-16-30-33(24)13-17-5-8-27-9-6-17/h3-6,8-9,11-12,14,16,34H,7,10,13,15H2,1-2H3. The van der Waals surface area contributed by atoms with E-state index >= 15 is 0 Å². The van der Waals surface area contributed by atoms with Crippen molar-refractivity contribution in [2.45, 2.75) is 39.0 Å². The molecule has 182 valence electrons. The average molecular weight is 500 g/mol. The molecule has 0 saturated carbocycles. The lowest BCUT2D eigenvalue weighted by atomic mass is 10.0. The number of nitrogens with zero attached hydrogens (tertiary/aromatic N) is 7. The summed E-state index contributed by atoms with van der Waals surface area (Å²) in [6.07, 6.45) is 9.66. The van der Waals surface area contributed by atoms with Gasteiger partial charge in [-0.05, 0) is 49.2 Å². The monoisotopic (exact) mass is 499 g/mol. The predicted molar refractivity (Wildman–Crippen MR) is 137 cm³/mol. The van der Waals surface area contributed by atoms with Gasteiger partial charge in [0.25, 0.3) is 0 Å². The molecule has 9 nitrogen and oxygen atoms in total. The summed E-state index contributed by atoms with van der Waals surface area (Å²) in [5.41, 5.74) is 4.15. The van der Waals surface area contributed by atoms with Crippen molar-refractivity contribution in [3.63, 3.8) is 0 Å². The van der Waals surface area contributed by atoms with Crippen molar-refractivity contribution in [2.75, 3.05) is 6.61 Å². The van der Waals surface area contributed by atoms with Crippen LogP contribution in [0.5, 0.6) is 5.75 Å². The molecule has 0 spiro atoms. The first-order valence-corrected chi connectivity index (χ1v) is 12.5. The second-order valence-corrected chi connectivity index (χ2v) is 10.5. The van der Waals surface area contributed by atoms with E-state index in [2.05, 4.69) is 32.3 Å². The van der Waals surface area contributed by atoms with E-state index in [0.29, 0.717) is 19.7 Å². The zero-order chi connectivity index (χ0) is 24.7. The fourth-order valence-corrected chi connectivity index (χ4v) is 5.36. The van der Waals surface area contributed by atoms with Gasteiger partial charge in [-0.25, -0.2) is 14.6 Å². The van der Waals surface area contributed by atoms with Gasteiger partial charge in [0, 0.05) is 41.0 Å². The van der Waals surface area contributed by atoms with Gasteiger partial charge in [-0.2, -0.15) is 10.2 Å². The quantitative estimate of drug-likeness (QED) is 0.375. The van der Waals surface area contributed by atoms with Crippen molar-refractivity contribution >= 4 is 11.3 Å². The Hall–Kier alpha value is -3.89. The first-order valence-electron chi connectivity index (χ1n) is 11.7. The molecule has 0 atom stereocenters. The molecule has 1 N–H and O–H groups in total. The van der Waals surface area contributed by atoms with Crippen LogP contribution in [0.15, 0.2) is 61.4 Å². The fraction of sp³-hybridized carbons (Fsp3) is 0.269. The summed E-state index contributed by atoms with van der Waals surface area (Å²) in [6.45, 7) is 5.14. The molecule has 0 radical (unpaired) electrons. The van der Waals surface area contributed by atoms with Crippen LogP contribution in [0.1, 0.15) is 24.3 Å². The van der Waals surface area contributed by atoms with E-state index in [1.807, 2.05) is 35.3 Å². The average Bonchev–Trinajstić information content (AvgIpc) is 3.57. The second kappa shape index (κ2) is 8.96. The Labute approximate surface area is 212 Å². The highest BCUT2D eigenvalue weighted by Gasteiger charge is 2.24. The van der Waals surface area contributed by atoms with Crippen LogP contribution in [0.25, 0.3) is 33.2 Å². The smallest absolute Gasteiger partial charge is 0.187 e. The van der Waals surface area contributed by atoms with Crippen molar-refractivity contribution in [3.05, 3.63) is 71.9 Å². The van der Waals surface area contributed by atoms with E-state index in [9.17, 15) is 5.11 Å². The molecule has 1 aromatic carbocycles. The number of benzene rings is 1. The van der Waals surface area contributed by atoms with E-state index in [1.165, 1.54) is 4.88 Å². The Morgan fingerprint density at radius 2 is 1.97 bits per heavy atom. The van der Waals surface area contributed by atoms with Gasteiger partial charge in [-0.15, -0.1) is 11.3 Å². The molecule has 5 aromatic rings. The van der Waals surface area contributed by atoms with Crippen LogP contribution in [-0.4, -0.2) is 51.8 Å². The van der Waals surface area contributed by atoms with Crippen molar-refractivity contribution in [1.82, 2.24) is 34.5 Å². The zero-order valence-electron chi connectivity index (χ0n) is 20.0. The molecular formula is C26H25N7O2S. The molecule has 0 bridgehead atoms. The van der Waals surface area contributed by atoms with Crippen LogP contribution >= 0.6 is 11.3 Å². The highest BCUT2D eigenvalue weighted by atomic mass is 32.1. The number of thiazole rings is 1. The summed E-state index contributed by atoms with van der Waals surface area (Å²) in [4.78, 5) is 14.8. The molecule has 0 saturated heterocycles. The first kappa shape index (κ1) is 22.6. The largest absolute Gasteiger partial charge is 0.492 e. The molecular weight excluding hydrogens is 474 g/mol. The fourth-order valence-electron chi connectivity index (χ4n) is 4.30. The van der Waals surface area contributed by atoms with Gasteiger partial charge in [0.2, 0.25) is 0 Å². The molecule has 1 aliphatic rings. The third kappa shape index (κ3) is 4.52. The molecule has 5 heterocycles. The summed E-state index contributed by atoms with van der Waals surface area (Å²) in [6, 6.07) is 10.1. The third-order valence-electron chi connectivity index (χ3n) is 5.92. The SMILES string of the molecule is CC(C)(O)Cn1cc(-c2ccc3c(c2)OCCc2sc(-c4ncnn4Cc4ccncc4)nc2-3)cn1. The maximum absolute atomic E-state index is 10.1. The second-order valence-electron chi connectivity index (χ2n) is 9.44. The third-order valence-corrected chi connectivity index (χ3v) is 7.04. The molecule has 0 amide bonds. The van der Waals surface area contributed by atoms with E-state index < -0.39 is 5.60 Å². The summed E-state index contributed by atoms with van der Waals surface area (Å²) < 4.78 is 9.77. The molecule has 0 unspecified atom stereocenters. The lowest BCUT2D eigenvalue weighted by Crippen LogP contribution is -2.26. The number of ether oxygens (including phenoxy) is 1. The highest BCUT2D eigenvalue weighted by Crippen LogP contribution is 2.41. The van der Waals surface area contributed by atoms with Crippen molar-refractivity contribution in [1.29, 1.82) is 0 Å². The van der Waals surface area contributed by atoms with Gasteiger partial charge in [0.1, 0.15) is 12.1 Å². The number of pyridine rings is 1. The van der Waals surface area contributed by atoms with Crippen molar-refractivity contribution in [2.24, 2.45) is 0 Å². The minimum atomic E-state index is -0.832. The Morgan fingerprint density at radius 3 is 2.81 bits per heavy atom. The molecule has 36 heavy (non-hydrogen) atoms. The van der Waals surface area contributed by atoms with E-state index in [0.717, 1.165) is 51.0 Å².